The van der Waals surface area contributed by atoms with Gasteiger partial charge in [-0.1, -0.05) is 42.5 Å². The van der Waals surface area contributed by atoms with E-state index in [9.17, 15) is 14.0 Å². The molecule has 0 spiro atoms. The van der Waals surface area contributed by atoms with Gasteiger partial charge in [0, 0.05) is 31.7 Å². The van der Waals surface area contributed by atoms with Crippen LogP contribution >= 0.6 is 0 Å². The Kier molecular flexibility index (Phi) is 8.69. The van der Waals surface area contributed by atoms with Crippen LogP contribution in [0.5, 0.6) is 0 Å². The first kappa shape index (κ1) is 27.0. The highest BCUT2D eigenvalue weighted by molar-refractivity contribution is 6.01. The van der Waals surface area contributed by atoms with Gasteiger partial charge in [-0.15, -0.1) is 0 Å². The van der Waals surface area contributed by atoms with Crippen molar-refractivity contribution in [1.82, 2.24) is 9.80 Å². The first-order chi connectivity index (χ1) is 19.0. The van der Waals surface area contributed by atoms with E-state index < -0.39 is 0 Å². The SMILES string of the molecule is CC(=O)c1cccc(N(C(=O)N2CCO[C@H](CN3CCC[C@@H](Cc4ccc(F)cc4)C3)C2)c2ccccc2)c1. The third kappa shape index (κ3) is 6.91. The summed E-state index contributed by atoms with van der Waals surface area (Å²) >= 11 is 0. The molecule has 2 saturated heterocycles. The lowest BCUT2D eigenvalue weighted by Gasteiger charge is -2.40. The summed E-state index contributed by atoms with van der Waals surface area (Å²) in [5.41, 5.74) is 3.16. The molecule has 2 fully saturated rings. The van der Waals surface area contributed by atoms with E-state index in [1.54, 1.807) is 17.0 Å². The molecule has 5 rings (SSSR count). The predicted molar refractivity (Wildman–Crippen MR) is 151 cm³/mol. The monoisotopic (exact) mass is 529 g/mol. The van der Waals surface area contributed by atoms with Crippen LogP contribution in [-0.2, 0) is 11.2 Å². The highest BCUT2D eigenvalue weighted by atomic mass is 19.1. The van der Waals surface area contributed by atoms with Crippen molar-refractivity contribution in [3.63, 3.8) is 0 Å². The molecule has 0 N–H and O–H groups in total. The average Bonchev–Trinajstić information content (AvgIpc) is 2.95. The number of piperidine rings is 1. The molecule has 39 heavy (non-hydrogen) atoms. The first-order valence-corrected chi connectivity index (χ1v) is 13.8. The molecule has 0 radical (unpaired) electrons. The second kappa shape index (κ2) is 12.5. The summed E-state index contributed by atoms with van der Waals surface area (Å²) in [5, 5.41) is 0. The summed E-state index contributed by atoms with van der Waals surface area (Å²) in [7, 11) is 0. The number of Topliss-reactive ketones (excluding diaryl/α,β-unsaturated/α-hetero) is 1. The van der Waals surface area contributed by atoms with Gasteiger partial charge in [-0.2, -0.15) is 0 Å². The van der Waals surface area contributed by atoms with E-state index in [-0.39, 0.29) is 23.7 Å². The van der Waals surface area contributed by atoms with Crippen LogP contribution in [-0.4, -0.2) is 67.0 Å². The highest BCUT2D eigenvalue weighted by Gasteiger charge is 2.31. The summed E-state index contributed by atoms with van der Waals surface area (Å²) < 4.78 is 19.4. The Labute approximate surface area is 230 Å². The topological polar surface area (TPSA) is 53.1 Å². The maximum atomic E-state index is 14.0. The maximum absolute atomic E-state index is 14.0. The molecule has 2 aliphatic rings. The van der Waals surface area contributed by atoms with Crippen molar-refractivity contribution in [3.05, 3.63) is 95.8 Å². The molecule has 2 atom stereocenters. The van der Waals surface area contributed by atoms with E-state index in [0.717, 1.165) is 44.6 Å². The molecule has 6 nitrogen and oxygen atoms in total. The van der Waals surface area contributed by atoms with Gasteiger partial charge in [0.2, 0.25) is 0 Å². The van der Waals surface area contributed by atoms with Gasteiger partial charge in [0.25, 0.3) is 0 Å². The standard InChI is InChI=1S/C32H36FN3O3/c1-24(37)27-8-5-11-30(20-27)36(29-9-3-2-4-10-29)32(38)35-17-18-39-31(23-35)22-34-16-6-7-26(21-34)19-25-12-14-28(33)15-13-25/h2-5,8-15,20,26,31H,6-7,16-19,21-23H2,1H3/t26-,31+/m0/s1. The lowest BCUT2D eigenvalue weighted by molar-refractivity contribution is -0.0345. The fourth-order valence-corrected chi connectivity index (χ4v) is 5.68. The Balaban J connectivity index is 1.26. The second-order valence-electron chi connectivity index (χ2n) is 10.6. The van der Waals surface area contributed by atoms with E-state index >= 15 is 0 Å². The first-order valence-electron chi connectivity index (χ1n) is 13.8. The minimum absolute atomic E-state index is 0.0389. The Hall–Kier alpha value is -3.55. The molecule has 0 saturated carbocycles. The number of ketones is 1. The number of hydrogen-bond donors (Lipinski definition) is 0. The number of nitrogens with zero attached hydrogens (tertiary/aromatic N) is 3. The number of anilines is 2. The number of ether oxygens (including phenoxy) is 1. The molecular formula is C32H36FN3O3. The molecule has 2 heterocycles. The Morgan fingerprint density at radius 1 is 0.949 bits per heavy atom. The van der Waals surface area contributed by atoms with E-state index in [4.69, 9.17) is 4.74 Å². The summed E-state index contributed by atoms with van der Waals surface area (Å²) in [4.78, 5) is 32.0. The van der Waals surface area contributed by atoms with Gasteiger partial charge in [0.1, 0.15) is 5.82 Å². The number of carbonyl (C=O) groups is 2. The van der Waals surface area contributed by atoms with Crippen molar-refractivity contribution in [1.29, 1.82) is 0 Å². The number of morpholine rings is 1. The minimum atomic E-state index is -0.199. The van der Waals surface area contributed by atoms with E-state index in [1.165, 1.54) is 24.6 Å². The lowest BCUT2D eigenvalue weighted by atomic mass is 9.91. The van der Waals surface area contributed by atoms with Crippen LogP contribution in [0.2, 0.25) is 0 Å². The van der Waals surface area contributed by atoms with Gasteiger partial charge >= 0.3 is 6.03 Å². The summed E-state index contributed by atoms with van der Waals surface area (Å²) in [6.07, 6.45) is 3.15. The van der Waals surface area contributed by atoms with Crippen molar-refractivity contribution in [3.8, 4) is 0 Å². The van der Waals surface area contributed by atoms with Crippen LogP contribution in [0, 0.1) is 11.7 Å². The summed E-state index contributed by atoms with van der Waals surface area (Å²) in [5.74, 6) is 0.283. The molecule has 2 aliphatic heterocycles. The zero-order chi connectivity index (χ0) is 27.2. The predicted octanol–water partition coefficient (Wildman–Crippen LogP) is 5.94. The van der Waals surface area contributed by atoms with Crippen LogP contribution in [0.4, 0.5) is 20.6 Å². The van der Waals surface area contributed by atoms with Crippen molar-refractivity contribution >= 4 is 23.2 Å². The molecular weight excluding hydrogens is 493 g/mol. The molecule has 0 aromatic heterocycles. The van der Waals surface area contributed by atoms with Crippen molar-refractivity contribution in [2.24, 2.45) is 5.92 Å². The maximum Gasteiger partial charge on any atom is 0.329 e. The number of likely N-dealkylation sites (tertiary alicyclic amines) is 1. The molecule has 2 amide bonds. The normalized spacial score (nSPS) is 20.0. The zero-order valence-corrected chi connectivity index (χ0v) is 22.5. The van der Waals surface area contributed by atoms with Crippen LogP contribution in [0.15, 0.2) is 78.9 Å². The molecule has 0 bridgehead atoms. The number of amides is 2. The van der Waals surface area contributed by atoms with Gasteiger partial charge in [-0.05, 0) is 80.6 Å². The second-order valence-corrected chi connectivity index (χ2v) is 10.6. The highest BCUT2D eigenvalue weighted by Crippen LogP contribution is 2.29. The molecule has 0 aliphatic carbocycles. The number of benzene rings is 3. The van der Waals surface area contributed by atoms with Gasteiger partial charge in [-0.3, -0.25) is 9.69 Å². The van der Waals surface area contributed by atoms with Gasteiger partial charge in [0.05, 0.1) is 24.1 Å². The summed E-state index contributed by atoms with van der Waals surface area (Å²) in [6.45, 7) is 5.80. The molecule has 7 heteroatoms. The van der Waals surface area contributed by atoms with E-state index in [2.05, 4.69) is 4.90 Å². The van der Waals surface area contributed by atoms with Gasteiger partial charge in [-0.25, -0.2) is 9.18 Å². The molecule has 3 aromatic rings. The lowest BCUT2D eigenvalue weighted by Crippen LogP contribution is -2.53. The molecule has 0 unspecified atom stereocenters. The van der Waals surface area contributed by atoms with Crippen molar-refractivity contribution < 1.29 is 18.7 Å². The fraction of sp³-hybridized carbons (Fsp3) is 0.375. The van der Waals surface area contributed by atoms with E-state index in [1.807, 2.05) is 59.5 Å². The number of halogens is 1. The van der Waals surface area contributed by atoms with Gasteiger partial charge in [0.15, 0.2) is 5.78 Å². The number of hydrogen-bond acceptors (Lipinski definition) is 4. The molecule has 3 aromatic carbocycles. The van der Waals surface area contributed by atoms with Gasteiger partial charge < -0.3 is 14.5 Å². The minimum Gasteiger partial charge on any atom is -0.373 e. The number of rotatable bonds is 7. The third-order valence-corrected chi connectivity index (χ3v) is 7.63. The quantitative estimate of drug-likeness (QED) is 0.356. The van der Waals surface area contributed by atoms with Crippen LogP contribution in [0.25, 0.3) is 0 Å². The van der Waals surface area contributed by atoms with E-state index in [0.29, 0.717) is 36.9 Å². The smallest absolute Gasteiger partial charge is 0.329 e. The zero-order valence-electron chi connectivity index (χ0n) is 22.5. The third-order valence-electron chi connectivity index (χ3n) is 7.63. The van der Waals surface area contributed by atoms with Crippen LogP contribution in [0.1, 0.15) is 35.7 Å². The Bertz CT molecular complexity index is 1270. The Morgan fingerprint density at radius 3 is 2.49 bits per heavy atom. The summed E-state index contributed by atoms with van der Waals surface area (Å²) in [6, 6.07) is 23.5. The average molecular weight is 530 g/mol. The fourth-order valence-electron chi connectivity index (χ4n) is 5.68. The largest absolute Gasteiger partial charge is 0.373 e. The number of urea groups is 1. The molecule has 204 valence electrons. The Morgan fingerprint density at radius 2 is 1.72 bits per heavy atom. The van der Waals surface area contributed by atoms with Crippen molar-refractivity contribution in [2.45, 2.75) is 32.3 Å². The van der Waals surface area contributed by atoms with Crippen LogP contribution in [0.3, 0.4) is 0 Å². The number of para-hydroxylation sites is 1. The number of carbonyl (C=O) groups excluding carboxylic acids is 2. The van der Waals surface area contributed by atoms with Crippen molar-refractivity contribution in [2.75, 3.05) is 44.2 Å². The van der Waals surface area contributed by atoms with Crippen LogP contribution < -0.4 is 4.90 Å².